The summed E-state index contributed by atoms with van der Waals surface area (Å²) in [5.41, 5.74) is 2.60. The molecule has 1 heterocycles. The maximum Gasteiger partial charge on any atom is 0.243 e. The fourth-order valence-corrected chi connectivity index (χ4v) is 5.25. The standard InChI is InChI=1S/C19H21BrN2O3S/c1-13-5-8-16(9-6-13)26(24,25)22-11-3-4-18(22)19(23)21-17-10-7-15(20)12-14(17)2/h5-10,12,18H,3-4,11H2,1-2H3,(H,21,23)/t18-/m0/s1. The molecule has 0 aliphatic carbocycles. The summed E-state index contributed by atoms with van der Waals surface area (Å²) in [5, 5.41) is 2.88. The Morgan fingerprint density at radius 1 is 1.15 bits per heavy atom. The molecule has 138 valence electrons. The lowest BCUT2D eigenvalue weighted by Crippen LogP contribution is -2.43. The van der Waals surface area contributed by atoms with Gasteiger partial charge in [0.05, 0.1) is 4.90 Å². The first kappa shape index (κ1) is 19.1. The number of halogens is 1. The van der Waals surface area contributed by atoms with Crippen molar-refractivity contribution >= 4 is 37.5 Å². The Hall–Kier alpha value is -1.70. The molecular formula is C19H21BrN2O3S. The SMILES string of the molecule is Cc1ccc(S(=O)(=O)N2CCC[C@H]2C(=O)Nc2ccc(Br)cc2C)cc1. The van der Waals surface area contributed by atoms with E-state index in [-0.39, 0.29) is 10.8 Å². The second-order valence-corrected chi connectivity index (χ2v) is 9.34. The number of sulfonamides is 1. The van der Waals surface area contributed by atoms with Crippen molar-refractivity contribution in [3.8, 4) is 0 Å². The first-order chi connectivity index (χ1) is 12.3. The zero-order valence-electron chi connectivity index (χ0n) is 14.7. The molecule has 1 fully saturated rings. The van der Waals surface area contributed by atoms with Crippen molar-refractivity contribution in [2.45, 2.75) is 37.6 Å². The number of hydrogen-bond donors (Lipinski definition) is 1. The molecule has 1 N–H and O–H groups in total. The quantitative estimate of drug-likeness (QED) is 0.790. The summed E-state index contributed by atoms with van der Waals surface area (Å²) in [6, 6.07) is 11.6. The van der Waals surface area contributed by atoms with Crippen LogP contribution in [0.3, 0.4) is 0 Å². The van der Waals surface area contributed by atoms with E-state index in [1.807, 2.05) is 32.0 Å². The van der Waals surface area contributed by atoms with Crippen molar-refractivity contribution in [2.24, 2.45) is 0 Å². The minimum absolute atomic E-state index is 0.225. The van der Waals surface area contributed by atoms with E-state index in [9.17, 15) is 13.2 Å². The van der Waals surface area contributed by atoms with E-state index in [0.717, 1.165) is 15.6 Å². The van der Waals surface area contributed by atoms with Crippen molar-refractivity contribution in [1.29, 1.82) is 0 Å². The van der Waals surface area contributed by atoms with Crippen molar-refractivity contribution < 1.29 is 13.2 Å². The van der Waals surface area contributed by atoms with Gasteiger partial charge in [-0.3, -0.25) is 4.79 Å². The van der Waals surface area contributed by atoms with Gasteiger partial charge in [-0.25, -0.2) is 8.42 Å². The average molecular weight is 437 g/mol. The highest BCUT2D eigenvalue weighted by Crippen LogP contribution is 2.28. The molecule has 2 aromatic rings. The van der Waals surface area contributed by atoms with Crippen molar-refractivity contribution in [2.75, 3.05) is 11.9 Å². The summed E-state index contributed by atoms with van der Waals surface area (Å²) in [6.45, 7) is 4.16. The molecule has 0 spiro atoms. The van der Waals surface area contributed by atoms with E-state index in [2.05, 4.69) is 21.2 Å². The Morgan fingerprint density at radius 3 is 2.50 bits per heavy atom. The average Bonchev–Trinajstić information content (AvgIpc) is 3.08. The molecule has 3 rings (SSSR count). The summed E-state index contributed by atoms with van der Waals surface area (Å²) < 4.78 is 28.2. The number of anilines is 1. The van der Waals surface area contributed by atoms with Crippen LogP contribution in [0.15, 0.2) is 51.8 Å². The number of nitrogens with one attached hydrogen (secondary N) is 1. The van der Waals surface area contributed by atoms with Gasteiger partial charge in [-0.1, -0.05) is 33.6 Å². The largest absolute Gasteiger partial charge is 0.324 e. The first-order valence-corrected chi connectivity index (χ1v) is 10.7. The third kappa shape index (κ3) is 3.84. The van der Waals surface area contributed by atoms with Crippen molar-refractivity contribution in [3.63, 3.8) is 0 Å². The van der Waals surface area contributed by atoms with E-state index in [0.29, 0.717) is 25.1 Å². The van der Waals surface area contributed by atoms with Crippen molar-refractivity contribution in [3.05, 3.63) is 58.1 Å². The summed E-state index contributed by atoms with van der Waals surface area (Å²) in [4.78, 5) is 13.0. The van der Waals surface area contributed by atoms with E-state index in [1.54, 1.807) is 24.3 Å². The maximum atomic E-state index is 13.0. The van der Waals surface area contributed by atoms with Gasteiger partial charge in [0, 0.05) is 16.7 Å². The fraction of sp³-hybridized carbons (Fsp3) is 0.316. The zero-order valence-corrected chi connectivity index (χ0v) is 17.1. The number of carbonyl (C=O) groups is 1. The lowest BCUT2D eigenvalue weighted by atomic mass is 10.1. The van der Waals surface area contributed by atoms with Gasteiger partial charge in [0.1, 0.15) is 6.04 Å². The van der Waals surface area contributed by atoms with Crippen molar-refractivity contribution in [1.82, 2.24) is 4.31 Å². The molecule has 5 nitrogen and oxygen atoms in total. The minimum Gasteiger partial charge on any atom is -0.324 e. The number of nitrogens with zero attached hydrogens (tertiary/aromatic N) is 1. The van der Waals surface area contributed by atoms with Gasteiger partial charge in [-0.2, -0.15) is 4.31 Å². The van der Waals surface area contributed by atoms with E-state index in [1.165, 1.54) is 4.31 Å². The molecule has 1 atom stereocenters. The molecule has 7 heteroatoms. The van der Waals surface area contributed by atoms with Crippen LogP contribution in [0.4, 0.5) is 5.69 Å². The third-order valence-corrected chi connectivity index (χ3v) is 7.00. The van der Waals surface area contributed by atoms with Crippen LogP contribution in [0.25, 0.3) is 0 Å². The van der Waals surface area contributed by atoms with E-state index >= 15 is 0 Å². The highest BCUT2D eigenvalue weighted by molar-refractivity contribution is 9.10. The number of hydrogen-bond acceptors (Lipinski definition) is 3. The van der Waals surface area contributed by atoms with Gasteiger partial charge >= 0.3 is 0 Å². The molecule has 0 unspecified atom stereocenters. The predicted octanol–water partition coefficient (Wildman–Crippen LogP) is 3.86. The Morgan fingerprint density at radius 2 is 1.85 bits per heavy atom. The number of rotatable bonds is 4. The summed E-state index contributed by atoms with van der Waals surface area (Å²) in [5.74, 6) is -0.288. The first-order valence-electron chi connectivity index (χ1n) is 8.44. The highest BCUT2D eigenvalue weighted by Gasteiger charge is 2.39. The van der Waals surface area contributed by atoms with Crippen LogP contribution in [0.5, 0.6) is 0 Å². The van der Waals surface area contributed by atoms with E-state index in [4.69, 9.17) is 0 Å². The molecular weight excluding hydrogens is 416 g/mol. The Labute approximate surface area is 162 Å². The van der Waals surface area contributed by atoms with Gasteiger partial charge in [0.2, 0.25) is 15.9 Å². The Balaban J connectivity index is 1.83. The monoisotopic (exact) mass is 436 g/mol. The van der Waals surface area contributed by atoms with Crippen LogP contribution >= 0.6 is 15.9 Å². The third-order valence-electron chi connectivity index (χ3n) is 4.58. The van der Waals surface area contributed by atoms with E-state index < -0.39 is 16.1 Å². The zero-order chi connectivity index (χ0) is 18.9. The van der Waals surface area contributed by atoms with Crippen LogP contribution in [-0.4, -0.2) is 31.2 Å². The Kier molecular flexibility index (Phi) is 5.50. The second-order valence-electron chi connectivity index (χ2n) is 6.54. The fourth-order valence-electron chi connectivity index (χ4n) is 3.12. The number of carbonyl (C=O) groups excluding carboxylic acids is 1. The highest BCUT2D eigenvalue weighted by atomic mass is 79.9. The van der Waals surface area contributed by atoms with Crippen LogP contribution < -0.4 is 5.32 Å². The number of aryl methyl sites for hydroxylation is 2. The van der Waals surface area contributed by atoms with Gasteiger partial charge < -0.3 is 5.32 Å². The topological polar surface area (TPSA) is 66.5 Å². The molecule has 26 heavy (non-hydrogen) atoms. The van der Waals surface area contributed by atoms with Crippen LogP contribution in [0.2, 0.25) is 0 Å². The predicted molar refractivity (Wildman–Crippen MR) is 106 cm³/mol. The second kappa shape index (κ2) is 7.50. The minimum atomic E-state index is -3.69. The van der Waals surface area contributed by atoms with Gasteiger partial charge in [0.25, 0.3) is 0 Å². The maximum absolute atomic E-state index is 13.0. The summed E-state index contributed by atoms with van der Waals surface area (Å²) >= 11 is 3.40. The molecule has 0 radical (unpaired) electrons. The Bertz CT molecular complexity index is 926. The number of benzene rings is 2. The number of amides is 1. The van der Waals surface area contributed by atoms with Gasteiger partial charge in [-0.05, 0) is 62.6 Å². The van der Waals surface area contributed by atoms with Gasteiger partial charge in [0.15, 0.2) is 0 Å². The normalized spacial score (nSPS) is 18.0. The molecule has 1 aliphatic heterocycles. The molecule has 1 saturated heterocycles. The molecule has 0 aromatic heterocycles. The van der Waals surface area contributed by atoms with Gasteiger partial charge in [-0.15, -0.1) is 0 Å². The van der Waals surface area contributed by atoms with Crippen LogP contribution in [0.1, 0.15) is 24.0 Å². The summed E-state index contributed by atoms with van der Waals surface area (Å²) in [6.07, 6.45) is 1.19. The van der Waals surface area contributed by atoms with Crippen LogP contribution in [-0.2, 0) is 14.8 Å². The smallest absolute Gasteiger partial charge is 0.243 e. The molecule has 1 amide bonds. The molecule has 2 aromatic carbocycles. The lowest BCUT2D eigenvalue weighted by molar-refractivity contribution is -0.119. The summed E-state index contributed by atoms with van der Waals surface area (Å²) in [7, 11) is -3.69. The van der Waals surface area contributed by atoms with Crippen LogP contribution in [0, 0.1) is 13.8 Å². The lowest BCUT2D eigenvalue weighted by Gasteiger charge is -2.24. The molecule has 0 bridgehead atoms. The molecule has 0 saturated carbocycles. The molecule has 1 aliphatic rings.